The van der Waals surface area contributed by atoms with Crippen LogP contribution in [0.15, 0.2) is 24.5 Å². The Balaban J connectivity index is 2.72. The first-order valence-corrected chi connectivity index (χ1v) is 4.97. The van der Waals surface area contributed by atoms with Gasteiger partial charge < -0.3 is 5.32 Å². The molecule has 2 rings (SSSR count). The Morgan fingerprint density at radius 3 is 2.92 bits per heavy atom. The van der Waals surface area contributed by atoms with Gasteiger partial charge in [-0.05, 0) is 40.8 Å². The molecule has 1 heterocycles. The number of nitrogens with one attached hydrogen (secondary N) is 1. The Bertz CT molecular complexity index is 442. The van der Waals surface area contributed by atoms with Crippen molar-refractivity contribution >= 4 is 39.2 Å². The molecule has 1 N–H and O–H groups in total. The molecule has 1 aromatic carbocycles. The van der Waals surface area contributed by atoms with Gasteiger partial charge in [0.15, 0.2) is 0 Å². The van der Waals surface area contributed by atoms with Crippen LogP contribution >= 0.6 is 22.6 Å². The number of halogens is 1. The Hall–Kier alpha value is -0.910. The Kier molecular flexibility index (Phi) is 2.30. The fourth-order valence-electron chi connectivity index (χ4n) is 1.18. The van der Waals surface area contributed by atoms with E-state index in [9.17, 15) is 0 Å². The first-order valence-electron chi connectivity index (χ1n) is 3.89. The first kappa shape index (κ1) is 8.68. The third kappa shape index (κ3) is 1.58. The van der Waals surface area contributed by atoms with E-state index in [1.165, 1.54) is 0 Å². The Morgan fingerprint density at radius 2 is 2.15 bits per heavy atom. The highest BCUT2D eigenvalue weighted by Crippen LogP contribution is 2.19. The maximum atomic E-state index is 4.19. The lowest BCUT2D eigenvalue weighted by atomic mass is 10.2. The minimum atomic E-state index is 0.978. The van der Waals surface area contributed by atoms with Gasteiger partial charge in [0.05, 0.1) is 5.52 Å². The average molecular weight is 285 g/mol. The van der Waals surface area contributed by atoms with Crippen LogP contribution in [0.1, 0.15) is 0 Å². The van der Waals surface area contributed by atoms with Gasteiger partial charge in [0.2, 0.25) is 0 Å². The Morgan fingerprint density at radius 1 is 1.31 bits per heavy atom. The molecule has 2 aromatic rings. The summed E-state index contributed by atoms with van der Waals surface area (Å²) in [5, 5.41) is 4.17. The lowest BCUT2D eigenvalue weighted by Crippen LogP contribution is -1.90. The summed E-state index contributed by atoms with van der Waals surface area (Å²) in [5.41, 5.74) is 2.05. The van der Waals surface area contributed by atoms with E-state index in [1.807, 2.05) is 25.2 Å². The molecule has 0 bridgehead atoms. The summed E-state index contributed by atoms with van der Waals surface area (Å²) < 4.78 is 0.991. The summed E-state index contributed by atoms with van der Waals surface area (Å²) >= 11 is 2.21. The zero-order valence-electron chi connectivity index (χ0n) is 7.08. The molecule has 0 amide bonds. The molecule has 3 nitrogen and oxygen atoms in total. The predicted octanol–water partition coefficient (Wildman–Crippen LogP) is 2.28. The molecule has 0 saturated heterocycles. The average Bonchev–Trinajstić information content (AvgIpc) is 2.18. The van der Waals surface area contributed by atoms with Crippen molar-refractivity contribution in [1.29, 1.82) is 0 Å². The molecule has 0 aliphatic heterocycles. The molecule has 0 radical (unpaired) electrons. The van der Waals surface area contributed by atoms with Gasteiger partial charge in [0.25, 0.3) is 0 Å². The standard InChI is InChI=1S/C9H8IN3/c1-11-6-2-3-7-8(4-6)12-5-13-9(7)10/h2-5,11H,1H3. The highest BCUT2D eigenvalue weighted by molar-refractivity contribution is 14.1. The van der Waals surface area contributed by atoms with Crippen molar-refractivity contribution < 1.29 is 0 Å². The van der Waals surface area contributed by atoms with E-state index in [4.69, 9.17) is 0 Å². The SMILES string of the molecule is CNc1ccc2c(I)ncnc2c1. The van der Waals surface area contributed by atoms with Crippen molar-refractivity contribution in [3.05, 3.63) is 28.2 Å². The number of hydrogen-bond donors (Lipinski definition) is 1. The number of benzene rings is 1. The molecule has 0 aliphatic carbocycles. The molecule has 0 unspecified atom stereocenters. The van der Waals surface area contributed by atoms with Crippen LogP contribution in [0, 0.1) is 3.70 Å². The second kappa shape index (κ2) is 3.45. The van der Waals surface area contributed by atoms with Crippen molar-refractivity contribution in [2.24, 2.45) is 0 Å². The van der Waals surface area contributed by atoms with Crippen molar-refractivity contribution in [1.82, 2.24) is 9.97 Å². The summed E-state index contributed by atoms with van der Waals surface area (Å²) in [6.45, 7) is 0. The molecule has 4 heteroatoms. The van der Waals surface area contributed by atoms with Gasteiger partial charge in [0, 0.05) is 18.1 Å². The van der Waals surface area contributed by atoms with Crippen LogP contribution in [-0.2, 0) is 0 Å². The van der Waals surface area contributed by atoms with Crippen molar-refractivity contribution in [2.45, 2.75) is 0 Å². The first-order chi connectivity index (χ1) is 6.31. The second-order valence-electron chi connectivity index (χ2n) is 2.65. The number of hydrogen-bond acceptors (Lipinski definition) is 3. The normalized spacial score (nSPS) is 10.3. The topological polar surface area (TPSA) is 37.8 Å². The smallest absolute Gasteiger partial charge is 0.117 e. The summed E-state index contributed by atoms with van der Waals surface area (Å²) in [6.07, 6.45) is 1.59. The monoisotopic (exact) mass is 285 g/mol. The molecule has 0 fully saturated rings. The molecular formula is C9H8IN3. The largest absolute Gasteiger partial charge is 0.388 e. The zero-order valence-corrected chi connectivity index (χ0v) is 9.24. The fraction of sp³-hybridized carbons (Fsp3) is 0.111. The summed E-state index contributed by atoms with van der Waals surface area (Å²) in [5.74, 6) is 0. The van der Waals surface area contributed by atoms with Crippen molar-refractivity contribution in [2.75, 3.05) is 12.4 Å². The van der Waals surface area contributed by atoms with Crippen LogP contribution in [0.3, 0.4) is 0 Å². The summed E-state index contributed by atoms with van der Waals surface area (Å²) in [6, 6.07) is 6.07. The van der Waals surface area contributed by atoms with Crippen LogP contribution < -0.4 is 5.32 Å². The van der Waals surface area contributed by atoms with E-state index in [-0.39, 0.29) is 0 Å². The fourth-order valence-corrected chi connectivity index (χ4v) is 1.76. The highest BCUT2D eigenvalue weighted by atomic mass is 127. The lowest BCUT2D eigenvalue weighted by molar-refractivity contribution is 1.19. The van der Waals surface area contributed by atoms with Crippen LogP contribution in [0.5, 0.6) is 0 Å². The predicted molar refractivity (Wildman–Crippen MR) is 61.8 cm³/mol. The molecule has 0 spiro atoms. The van der Waals surface area contributed by atoms with E-state index in [0.717, 1.165) is 20.3 Å². The molecule has 0 atom stereocenters. The van der Waals surface area contributed by atoms with E-state index in [0.29, 0.717) is 0 Å². The van der Waals surface area contributed by atoms with Crippen molar-refractivity contribution in [3.63, 3.8) is 0 Å². The second-order valence-corrected chi connectivity index (χ2v) is 3.67. The summed E-state index contributed by atoms with van der Waals surface area (Å²) in [7, 11) is 1.90. The van der Waals surface area contributed by atoms with Gasteiger partial charge in [0.1, 0.15) is 10.0 Å². The van der Waals surface area contributed by atoms with Gasteiger partial charge in [-0.3, -0.25) is 0 Å². The molecule has 1 aromatic heterocycles. The Labute approximate surface area is 89.7 Å². The number of fused-ring (bicyclic) bond motifs is 1. The van der Waals surface area contributed by atoms with Gasteiger partial charge in [-0.1, -0.05) is 0 Å². The van der Waals surface area contributed by atoms with E-state index in [2.05, 4.69) is 37.9 Å². The zero-order chi connectivity index (χ0) is 9.26. The van der Waals surface area contributed by atoms with Crippen LogP contribution in [-0.4, -0.2) is 17.0 Å². The molecular weight excluding hydrogens is 277 g/mol. The maximum absolute atomic E-state index is 4.19. The quantitative estimate of drug-likeness (QED) is 0.645. The molecule has 13 heavy (non-hydrogen) atoms. The van der Waals surface area contributed by atoms with Gasteiger partial charge in [-0.25, -0.2) is 9.97 Å². The van der Waals surface area contributed by atoms with Crippen LogP contribution in [0.2, 0.25) is 0 Å². The van der Waals surface area contributed by atoms with Crippen molar-refractivity contribution in [3.8, 4) is 0 Å². The van der Waals surface area contributed by atoms with Gasteiger partial charge in [-0.15, -0.1) is 0 Å². The van der Waals surface area contributed by atoms with E-state index in [1.54, 1.807) is 6.33 Å². The molecule has 0 aliphatic rings. The van der Waals surface area contributed by atoms with Crippen LogP contribution in [0.4, 0.5) is 5.69 Å². The van der Waals surface area contributed by atoms with Gasteiger partial charge in [-0.2, -0.15) is 0 Å². The number of aromatic nitrogens is 2. The van der Waals surface area contributed by atoms with Crippen LogP contribution in [0.25, 0.3) is 10.9 Å². The minimum Gasteiger partial charge on any atom is -0.388 e. The van der Waals surface area contributed by atoms with E-state index < -0.39 is 0 Å². The third-order valence-corrected chi connectivity index (χ3v) is 2.74. The lowest BCUT2D eigenvalue weighted by Gasteiger charge is -2.02. The molecule has 66 valence electrons. The number of nitrogens with zero attached hydrogens (tertiary/aromatic N) is 2. The van der Waals surface area contributed by atoms with E-state index >= 15 is 0 Å². The maximum Gasteiger partial charge on any atom is 0.117 e. The third-order valence-electron chi connectivity index (χ3n) is 1.88. The number of rotatable bonds is 1. The van der Waals surface area contributed by atoms with Gasteiger partial charge >= 0.3 is 0 Å². The molecule has 0 saturated carbocycles. The highest BCUT2D eigenvalue weighted by Gasteiger charge is 2.00. The number of anilines is 1. The minimum absolute atomic E-state index is 0.978. The summed E-state index contributed by atoms with van der Waals surface area (Å²) in [4.78, 5) is 8.31.